The molecule has 2 aliphatic rings. The average molecular weight is 1080 g/mol. The summed E-state index contributed by atoms with van der Waals surface area (Å²) in [4.78, 5) is 13.1. The maximum Gasteiger partial charge on any atom is 0.306 e. The standard InChI is InChI=1S/C62H108O14/c1-3-5-7-9-11-13-15-17-19-21-23-24-25-26-27-29-31-33-35-37-39-41-43-45-54(64)74-51(48-71-46-44-42-40-38-36-34-32-30-28-22-20-18-16-14-12-10-8-6-4-2)49-72-61-60(70)58(68)56(66)53(76-61)50-73-62-59(69)57(67)55(65)52(47-63)75-62/h5,7,11,13,17,19,23-24,26-27,31,33,51-53,55-63,65-70H,3-4,6,8-10,12,14-16,18,20-22,25,28-30,32,34-50H2,1-2H3/b7-5-,13-11-,19-17-,24-23-,27-26-,33-31-. The second kappa shape index (κ2) is 48.3. The molecule has 11 atom stereocenters. The molecule has 440 valence electrons. The van der Waals surface area contributed by atoms with Gasteiger partial charge in [-0.1, -0.05) is 215 Å². The van der Waals surface area contributed by atoms with E-state index in [1.54, 1.807) is 0 Å². The molecule has 2 fully saturated rings. The second-order valence-electron chi connectivity index (χ2n) is 20.8. The zero-order valence-corrected chi connectivity index (χ0v) is 47.2. The second-order valence-corrected chi connectivity index (χ2v) is 20.8. The van der Waals surface area contributed by atoms with Gasteiger partial charge >= 0.3 is 5.97 Å². The van der Waals surface area contributed by atoms with Crippen LogP contribution in [-0.2, 0) is 33.2 Å². The highest BCUT2D eigenvalue weighted by Gasteiger charge is 2.47. The maximum atomic E-state index is 13.1. The van der Waals surface area contributed by atoms with E-state index in [0.29, 0.717) is 13.0 Å². The molecule has 0 aromatic carbocycles. The Morgan fingerprint density at radius 1 is 0.447 bits per heavy atom. The monoisotopic (exact) mass is 1080 g/mol. The van der Waals surface area contributed by atoms with Crippen molar-refractivity contribution in [1.29, 1.82) is 0 Å². The number of aliphatic hydroxyl groups is 7. The van der Waals surface area contributed by atoms with Crippen LogP contribution in [0.15, 0.2) is 72.9 Å². The van der Waals surface area contributed by atoms with Crippen molar-refractivity contribution < 1.29 is 69.0 Å². The SMILES string of the molecule is CC/C=C\C/C=C\C/C=C\C/C=C\C/C=C\C/C=C\CCCCCCC(=O)OC(COCCCCCCCCCCCCCCCCCCCCC)COC1OC(COC2OC(CO)C(O)C(O)C2O)C(O)C(O)C1O. The number of unbranched alkanes of at least 4 members (excludes halogenated alkanes) is 22. The lowest BCUT2D eigenvalue weighted by Gasteiger charge is -2.42. The fourth-order valence-electron chi connectivity index (χ4n) is 9.17. The first kappa shape index (κ1) is 69.5. The van der Waals surface area contributed by atoms with E-state index in [2.05, 4.69) is 86.8 Å². The molecule has 14 nitrogen and oxygen atoms in total. The fraction of sp³-hybridized carbons (Fsp3) is 0.790. The van der Waals surface area contributed by atoms with Crippen LogP contribution in [0.5, 0.6) is 0 Å². The largest absolute Gasteiger partial charge is 0.457 e. The molecular formula is C62H108O14. The van der Waals surface area contributed by atoms with Crippen LogP contribution in [0.2, 0.25) is 0 Å². The number of carbonyl (C=O) groups excluding carboxylic acids is 1. The number of hydrogen-bond acceptors (Lipinski definition) is 14. The Hall–Kier alpha value is -2.57. The number of aliphatic hydroxyl groups excluding tert-OH is 7. The topological polar surface area (TPSA) is 214 Å². The molecule has 0 aromatic rings. The highest BCUT2D eigenvalue weighted by atomic mass is 16.7. The third kappa shape index (κ3) is 34.4. The summed E-state index contributed by atoms with van der Waals surface area (Å²) < 4.78 is 34.4. The average Bonchev–Trinajstić information content (AvgIpc) is 3.42. The van der Waals surface area contributed by atoms with Crippen molar-refractivity contribution >= 4 is 5.97 Å². The third-order valence-corrected chi connectivity index (χ3v) is 14.0. The van der Waals surface area contributed by atoms with Gasteiger partial charge in [-0.15, -0.1) is 0 Å². The number of ether oxygens (including phenoxy) is 6. The predicted molar refractivity (Wildman–Crippen MR) is 302 cm³/mol. The van der Waals surface area contributed by atoms with Crippen molar-refractivity contribution in [2.24, 2.45) is 0 Å². The van der Waals surface area contributed by atoms with E-state index in [9.17, 15) is 40.5 Å². The predicted octanol–water partition coefficient (Wildman–Crippen LogP) is 11.0. The van der Waals surface area contributed by atoms with Crippen LogP contribution < -0.4 is 0 Å². The summed E-state index contributed by atoms with van der Waals surface area (Å²) in [6.07, 6.45) is 45.3. The van der Waals surface area contributed by atoms with Gasteiger partial charge in [0, 0.05) is 13.0 Å². The quantitative estimate of drug-likeness (QED) is 0.0172. The lowest BCUT2D eigenvalue weighted by molar-refractivity contribution is -0.332. The molecule has 0 saturated carbocycles. The maximum absolute atomic E-state index is 13.1. The zero-order chi connectivity index (χ0) is 55.1. The zero-order valence-electron chi connectivity index (χ0n) is 47.2. The van der Waals surface area contributed by atoms with Crippen LogP contribution in [0, 0.1) is 0 Å². The Balaban J connectivity index is 1.72. The Morgan fingerprint density at radius 2 is 0.855 bits per heavy atom. The minimum absolute atomic E-state index is 0.0500. The van der Waals surface area contributed by atoms with E-state index in [1.807, 2.05) is 0 Å². The van der Waals surface area contributed by atoms with Crippen molar-refractivity contribution in [2.45, 2.75) is 280 Å². The summed E-state index contributed by atoms with van der Waals surface area (Å²) >= 11 is 0. The molecule has 2 aliphatic heterocycles. The van der Waals surface area contributed by atoms with E-state index >= 15 is 0 Å². The summed E-state index contributed by atoms with van der Waals surface area (Å²) in [5.41, 5.74) is 0. The molecule has 76 heavy (non-hydrogen) atoms. The van der Waals surface area contributed by atoms with Gasteiger partial charge in [-0.05, 0) is 64.2 Å². The lowest BCUT2D eigenvalue weighted by Crippen LogP contribution is -2.61. The molecule has 0 aliphatic carbocycles. The van der Waals surface area contributed by atoms with Gasteiger partial charge in [0.15, 0.2) is 12.6 Å². The minimum atomic E-state index is -1.71. The summed E-state index contributed by atoms with van der Waals surface area (Å²) in [6, 6.07) is 0. The molecule has 2 rings (SSSR count). The van der Waals surface area contributed by atoms with Crippen LogP contribution >= 0.6 is 0 Å². The molecule has 7 N–H and O–H groups in total. The molecule has 0 bridgehead atoms. The van der Waals surface area contributed by atoms with E-state index in [1.165, 1.54) is 103 Å². The molecule has 2 heterocycles. The molecule has 0 amide bonds. The minimum Gasteiger partial charge on any atom is -0.457 e. The van der Waals surface area contributed by atoms with Crippen LogP contribution in [0.3, 0.4) is 0 Å². The number of carbonyl (C=O) groups is 1. The van der Waals surface area contributed by atoms with Gasteiger partial charge in [0.25, 0.3) is 0 Å². The van der Waals surface area contributed by atoms with Gasteiger partial charge in [0.2, 0.25) is 0 Å². The van der Waals surface area contributed by atoms with E-state index in [0.717, 1.165) is 83.5 Å². The van der Waals surface area contributed by atoms with Crippen LogP contribution in [-0.4, -0.2) is 142 Å². The van der Waals surface area contributed by atoms with Gasteiger partial charge in [-0.3, -0.25) is 4.79 Å². The van der Waals surface area contributed by atoms with E-state index in [4.69, 9.17) is 28.4 Å². The van der Waals surface area contributed by atoms with Crippen LogP contribution in [0.1, 0.15) is 213 Å². The van der Waals surface area contributed by atoms with Gasteiger partial charge in [0.05, 0.1) is 26.4 Å². The van der Waals surface area contributed by atoms with Crippen LogP contribution in [0.25, 0.3) is 0 Å². The fourth-order valence-corrected chi connectivity index (χ4v) is 9.17. The Labute approximate surface area is 459 Å². The Kier molecular flexibility index (Phi) is 44.2. The molecular weight excluding hydrogens is 969 g/mol. The number of esters is 1. The summed E-state index contributed by atoms with van der Waals surface area (Å²) in [5, 5.41) is 72.4. The number of hydrogen-bond donors (Lipinski definition) is 7. The Morgan fingerprint density at radius 3 is 1.34 bits per heavy atom. The van der Waals surface area contributed by atoms with Gasteiger partial charge < -0.3 is 64.2 Å². The number of allylic oxidation sites excluding steroid dienone is 12. The van der Waals surface area contributed by atoms with Crippen molar-refractivity contribution in [3.63, 3.8) is 0 Å². The van der Waals surface area contributed by atoms with Crippen molar-refractivity contribution in [3.05, 3.63) is 72.9 Å². The highest BCUT2D eigenvalue weighted by Crippen LogP contribution is 2.27. The molecule has 0 radical (unpaired) electrons. The molecule has 0 aromatic heterocycles. The van der Waals surface area contributed by atoms with Crippen molar-refractivity contribution in [1.82, 2.24) is 0 Å². The summed E-state index contributed by atoms with van der Waals surface area (Å²) in [5.74, 6) is -0.399. The number of rotatable bonds is 48. The molecule has 2 saturated heterocycles. The van der Waals surface area contributed by atoms with Gasteiger partial charge in [0.1, 0.15) is 54.9 Å². The lowest BCUT2D eigenvalue weighted by atomic mass is 9.98. The summed E-state index contributed by atoms with van der Waals surface area (Å²) in [6.45, 7) is 3.56. The smallest absolute Gasteiger partial charge is 0.306 e. The first-order valence-electron chi connectivity index (χ1n) is 30.0. The van der Waals surface area contributed by atoms with E-state index in [-0.39, 0.29) is 19.6 Å². The first-order valence-corrected chi connectivity index (χ1v) is 30.0. The van der Waals surface area contributed by atoms with Gasteiger partial charge in [-0.2, -0.15) is 0 Å². The summed E-state index contributed by atoms with van der Waals surface area (Å²) in [7, 11) is 0. The van der Waals surface area contributed by atoms with Crippen molar-refractivity contribution in [3.8, 4) is 0 Å². The highest BCUT2D eigenvalue weighted by molar-refractivity contribution is 5.69. The van der Waals surface area contributed by atoms with Gasteiger partial charge in [-0.25, -0.2) is 0 Å². The molecule has 14 heteroatoms. The first-order chi connectivity index (χ1) is 37.1. The molecule has 0 spiro atoms. The van der Waals surface area contributed by atoms with Crippen molar-refractivity contribution in [2.75, 3.05) is 33.0 Å². The van der Waals surface area contributed by atoms with E-state index < -0.39 is 86.7 Å². The normalized spacial score (nSPS) is 25.0. The Bertz CT molecular complexity index is 1530. The van der Waals surface area contributed by atoms with Crippen LogP contribution in [0.4, 0.5) is 0 Å². The molecule has 11 unspecified atom stereocenters. The third-order valence-electron chi connectivity index (χ3n) is 14.0.